The summed E-state index contributed by atoms with van der Waals surface area (Å²) in [6.45, 7) is 6.10. The number of rotatable bonds is 6. The lowest BCUT2D eigenvalue weighted by Crippen LogP contribution is -2.46. The van der Waals surface area contributed by atoms with Gasteiger partial charge in [0.1, 0.15) is 0 Å². The van der Waals surface area contributed by atoms with Crippen LogP contribution in [0, 0.1) is 5.92 Å². The fourth-order valence-electron chi connectivity index (χ4n) is 3.36. The Labute approximate surface area is 139 Å². The molecule has 1 saturated carbocycles. The van der Waals surface area contributed by atoms with Crippen LogP contribution in [-0.2, 0) is 4.79 Å². The Bertz CT molecular complexity index is 375. The Morgan fingerprint density at radius 2 is 1.70 bits per heavy atom. The molecule has 132 valence electrons. The number of piperidine rings is 1. The second-order valence-corrected chi connectivity index (χ2v) is 7.04. The van der Waals surface area contributed by atoms with E-state index in [0.29, 0.717) is 12.6 Å². The van der Waals surface area contributed by atoms with Crippen molar-refractivity contribution in [1.29, 1.82) is 0 Å². The molecule has 2 aliphatic rings. The maximum Gasteiger partial charge on any atom is 0.315 e. The molecule has 3 N–H and O–H groups in total. The van der Waals surface area contributed by atoms with E-state index in [2.05, 4.69) is 27.8 Å². The van der Waals surface area contributed by atoms with Crippen molar-refractivity contribution in [2.45, 2.75) is 57.9 Å². The van der Waals surface area contributed by atoms with Crippen molar-refractivity contribution in [3.05, 3.63) is 0 Å². The van der Waals surface area contributed by atoms with Gasteiger partial charge in [-0.2, -0.15) is 0 Å². The normalized spacial score (nSPS) is 20.9. The molecule has 0 unspecified atom stereocenters. The Morgan fingerprint density at radius 3 is 2.39 bits per heavy atom. The summed E-state index contributed by atoms with van der Waals surface area (Å²) in [5, 5.41) is 8.46. The lowest BCUT2D eigenvalue weighted by atomic mass is 9.95. The third-order valence-corrected chi connectivity index (χ3v) is 4.97. The predicted molar refractivity (Wildman–Crippen MR) is 91.3 cm³/mol. The van der Waals surface area contributed by atoms with Gasteiger partial charge >= 0.3 is 6.03 Å². The van der Waals surface area contributed by atoms with Gasteiger partial charge in [0.15, 0.2) is 0 Å². The maximum atomic E-state index is 11.8. The van der Waals surface area contributed by atoms with Gasteiger partial charge in [-0.3, -0.25) is 4.79 Å². The first-order valence-electron chi connectivity index (χ1n) is 9.17. The van der Waals surface area contributed by atoms with E-state index in [9.17, 15) is 9.59 Å². The summed E-state index contributed by atoms with van der Waals surface area (Å²) in [5.74, 6) is 0.738. The summed E-state index contributed by atoms with van der Waals surface area (Å²) in [4.78, 5) is 25.9. The fraction of sp³-hybridized carbons (Fsp3) is 0.882. The summed E-state index contributed by atoms with van der Waals surface area (Å²) in [5.41, 5.74) is 0. The zero-order chi connectivity index (χ0) is 16.5. The summed E-state index contributed by atoms with van der Waals surface area (Å²) >= 11 is 0. The van der Waals surface area contributed by atoms with Gasteiger partial charge in [0.05, 0.1) is 6.54 Å². The smallest absolute Gasteiger partial charge is 0.315 e. The lowest BCUT2D eigenvalue weighted by molar-refractivity contribution is -0.121. The Kier molecular flexibility index (Phi) is 7.65. The zero-order valence-electron chi connectivity index (χ0n) is 14.4. The van der Waals surface area contributed by atoms with Gasteiger partial charge in [-0.1, -0.05) is 26.2 Å². The topological polar surface area (TPSA) is 73.5 Å². The van der Waals surface area contributed by atoms with E-state index in [0.717, 1.165) is 38.4 Å². The van der Waals surface area contributed by atoms with Crippen LogP contribution in [0.2, 0.25) is 0 Å². The van der Waals surface area contributed by atoms with Crippen LogP contribution in [-0.4, -0.2) is 55.6 Å². The standard InChI is InChI=1S/C17H32N4O2/c1-14-7-10-21(11-8-14)12-9-18-17(23)19-13-16(22)20-15-5-3-2-4-6-15/h14-15H,2-13H2,1H3,(H,20,22)(H2,18,19,23). The van der Waals surface area contributed by atoms with E-state index in [4.69, 9.17) is 0 Å². The molecule has 0 bridgehead atoms. The molecule has 1 saturated heterocycles. The maximum absolute atomic E-state index is 11.8. The number of hydrogen-bond acceptors (Lipinski definition) is 3. The molecule has 3 amide bonds. The van der Waals surface area contributed by atoms with E-state index >= 15 is 0 Å². The van der Waals surface area contributed by atoms with Crippen molar-refractivity contribution in [3.63, 3.8) is 0 Å². The fourth-order valence-corrected chi connectivity index (χ4v) is 3.36. The minimum Gasteiger partial charge on any atom is -0.352 e. The molecule has 0 spiro atoms. The van der Waals surface area contributed by atoms with Gasteiger partial charge in [0.2, 0.25) is 5.91 Å². The number of nitrogens with zero attached hydrogens (tertiary/aromatic N) is 1. The average Bonchev–Trinajstić information content (AvgIpc) is 2.56. The Hall–Kier alpha value is -1.30. The lowest BCUT2D eigenvalue weighted by Gasteiger charge is -2.30. The van der Waals surface area contributed by atoms with Gasteiger partial charge in [-0.25, -0.2) is 4.79 Å². The average molecular weight is 324 g/mol. The molecule has 6 nitrogen and oxygen atoms in total. The van der Waals surface area contributed by atoms with Crippen molar-refractivity contribution in [1.82, 2.24) is 20.9 Å². The second-order valence-electron chi connectivity index (χ2n) is 7.04. The minimum atomic E-state index is -0.255. The van der Waals surface area contributed by atoms with Gasteiger partial charge < -0.3 is 20.9 Å². The third kappa shape index (κ3) is 7.20. The molecule has 0 atom stereocenters. The highest BCUT2D eigenvalue weighted by atomic mass is 16.2. The number of amides is 3. The molecule has 1 heterocycles. The molecule has 0 aromatic heterocycles. The first-order valence-corrected chi connectivity index (χ1v) is 9.17. The van der Waals surface area contributed by atoms with Crippen LogP contribution in [0.25, 0.3) is 0 Å². The van der Waals surface area contributed by atoms with Crippen molar-refractivity contribution < 1.29 is 9.59 Å². The first-order chi connectivity index (χ1) is 11.1. The molecule has 23 heavy (non-hydrogen) atoms. The summed E-state index contributed by atoms with van der Waals surface area (Å²) < 4.78 is 0. The van der Waals surface area contributed by atoms with Crippen molar-refractivity contribution in [2.24, 2.45) is 5.92 Å². The van der Waals surface area contributed by atoms with Crippen LogP contribution in [0.3, 0.4) is 0 Å². The molecule has 2 rings (SSSR count). The highest BCUT2D eigenvalue weighted by molar-refractivity contribution is 5.84. The molecule has 6 heteroatoms. The highest BCUT2D eigenvalue weighted by Crippen LogP contribution is 2.17. The second kappa shape index (κ2) is 9.75. The SMILES string of the molecule is CC1CCN(CCNC(=O)NCC(=O)NC2CCCCC2)CC1. The molecule has 1 aliphatic heterocycles. The Morgan fingerprint density at radius 1 is 1.00 bits per heavy atom. The zero-order valence-corrected chi connectivity index (χ0v) is 14.4. The van der Waals surface area contributed by atoms with Gasteiger partial charge in [-0.15, -0.1) is 0 Å². The van der Waals surface area contributed by atoms with E-state index in [1.54, 1.807) is 0 Å². The van der Waals surface area contributed by atoms with Crippen molar-refractivity contribution in [2.75, 3.05) is 32.7 Å². The van der Waals surface area contributed by atoms with Gasteiger partial charge in [0.25, 0.3) is 0 Å². The van der Waals surface area contributed by atoms with Crippen LogP contribution >= 0.6 is 0 Å². The van der Waals surface area contributed by atoms with E-state index in [1.807, 2.05) is 0 Å². The van der Waals surface area contributed by atoms with Crippen LogP contribution in [0.15, 0.2) is 0 Å². The molecule has 0 aromatic carbocycles. The molecule has 2 fully saturated rings. The van der Waals surface area contributed by atoms with Crippen molar-refractivity contribution >= 4 is 11.9 Å². The van der Waals surface area contributed by atoms with Gasteiger partial charge in [-0.05, 0) is 44.7 Å². The molecule has 0 radical (unpaired) electrons. The molecule has 1 aliphatic carbocycles. The number of nitrogens with one attached hydrogen (secondary N) is 3. The van der Waals surface area contributed by atoms with Gasteiger partial charge in [0, 0.05) is 19.1 Å². The molecule has 0 aromatic rings. The summed E-state index contributed by atoms with van der Waals surface area (Å²) in [6.07, 6.45) is 8.26. The number of likely N-dealkylation sites (tertiary alicyclic amines) is 1. The quantitative estimate of drug-likeness (QED) is 0.693. The van der Waals surface area contributed by atoms with Crippen LogP contribution in [0.1, 0.15) is 51.9 Å². The van der Waals surface area contributed by atoms with E-state index in [1.165, 1.54) is 32.1 Å². The molecular weight excluding hydrogens is 292 g/mol. The number of urea groups is 1. The summed E-state index contributed by atoms with van der Waals surface area (Å²) in [6, 6.07) is 0.0387. The minimum absolute atomic E-state index is 0.0591. The third-order valence-electron chi connectivity index (χ3n) is 4.97. The van der Waals surface area contributed by atoms with Crippen LogP contribution in [0.4, 0.5) is 4.79 Å². The summed E-state index contributed by atoms with van der Waals surface area (Å²) in [7, 11) is 0. The monoisotopic (exact) mass is 324 g/mol. The predicted octanol–water partition coefficient (Wildman–Crippen LogP) is 1.47. The number of hydrogen-bond donors (Lipinski definition) is 3. The van der Waals surface area contributed by atoms with E-state index in [-0.39, 0.29) is 18.5 Å². The van der Waals surface area contributed by atoms with Crippen LogP contribution < -0.4 is 16.0 Å². The number of carbonyl (C=O) groups excluding carboxylic acids is 2. The first kappa shape index (κ1) is 18.0. The Balaban J connectivity index is 1.50. The van der Waals surface area contributed by atoms with Crippen molar-refractivity contribution in [3.8, 4) is 0 Å². The van der Waals surface area contributed by atoms with Crippen LogP contribution in [0.5, 0.6) is 0 Å². The highest BCUT2D eigenvalue weighted by Gasteiger charge is 2.17. The molecular formula is C17H32N4O2. The largest absolute Gasteiger partial charge is 0.352 e. The van der Waals surface area contributed by atoms with E-state index < -0.39 is 0 Å². The number of carbonyl (C=O) groups is 2.